The molecule has 0 saturated carbocycles. The van der Waals surface area contributed by atoms with E-state index < -0.39 is 5.69 Å². The minimum absolute atomic E-state index is 0.0348. The lowest BCUT2D eigenvalue weighted by atomic mass is 10.3. The number of para-hydroxylation sites is 1. The monoisotopic (exact) mass is 331 g/mol. The summed E-state index contributed by atoms with van der Waals surface area (Å²) >= 11 is 0. The summed E-state index contributed by atoms with van der Waals surface area (Å²) in [6.45, 7) is 7.97. The molecule has 2 aromatic rings. The molecular formula is C17H25N5O2. The molecule has 24 heavy (non-hydrogen) atoms. The molecule has 0 saturated heterocycles. The number of nitrogens with zero attached hydrogens (tertiary/aromatic N) is 3. The summed E-state index contributed by atoms with van der Waals surface area (Å²) in [4.78, 5) is 28.8. The average molecular weight is 331 g/mol. The molecule has 1 heterocycles. The van der Waals surface area contributed by atoms with Crippen LogP contribution in [0.25, 0.3) is 5.69 Å². The number of aromatic amines is 1. The number of amides is 1. The summed E-state index contributed by atoms with van der Waals surface area (Å²) in [5.41, 5.74) is 0.199. The van der Waals surface area contributed by atoms with Crippen LogP contribution < -0.4 is 11.0 Å². The maximum Gasteiger partial charge on any atom is 0.348 e. The third-order valence-electron chi connectivity index (χ3n) is 3.91. The molecule has 2 rings (SSSR count). The maximum atomic E-state index is 12.1. The van der Waals surface area contributed by atoms with Crippen LogP contribution >= 0.6 is 0 Å². The summed E-state index contributed by atoms with van der Waals surface area (Å²) in [7, 11) is 0. The fourth-order valence-corrected chi connectivity index (χ4v) is 2.46. The molecule has 0 bridgehead atoms. The van der Waals surface area contributed by atoms with Gasteiger partial charge in [0.1, 0.15) is 0 Å². The molecule has 0 aliphatic rings. The molecule has 0 unspecified atom stereocenters. The van der Waals surface area contributed by atoms with Crippen molar-refractivity contribution in [2.75, 3.05) is 26.2 Å². The second kappa shape index (κ2) is 9.02. The number of H-pyrrole nitrogens is 1. The van der Waals surface area contributed by atoms with E-state index in [9.17, 15) is 9.59 Å². The van der Waals surface area contributed by atoms with Crippen LogP contribution in [0, 0.1) is 0 Å². The first-order chi connectivity index (χ1) is 11.7. The first kappa shape index (κ1) is 17.9. The Kier molecular flexibility index (Phi) is 6.74. The summed E-state index contributed by atoms with van der Waals surface area (Å²) in [6, 6.07) is 9.00. The predicted molar refractivity (Wildman–Crippen MR) is 93.5 cm³/mol. The van der Waals surface area contributed by atoms with Gasteiger partial charge in [0.05, 0.1) is 5.69 Å². The van der Waals surface area contributed by atoms with Gasteiger partial charge in [0.2, 0.25) is 5.82 Å². The summed E-state index contributed by atoms with van der Waals surface area (Å²) < 4.78 is 1.19. The molecule has 7 nitrogen and oxygen atoms in total. The Hall–Kier alpha value is -2.41. The molecule has 7 heteroatoms. The van der Waals surface area contributed by atoms with Crippen LogP contribution in [0.2, 0.25) is 0 Å². The van der Waals surface area contributed by atoms with E-state index in [1.165, 1.54) is 4.68 Å². The van der Waals surface area contributed by atoms with E-state index in [-0.39, 0.29) is 11.7 Å². The molecule has 1 amide bonds. The molecule has 1 aromatic carbocycles. The highest BCUT2D eigenvalue weighted by Crippen LogP contribution is 2.02. The van der Waals surface area contributed by atoms with Crippen molar-refractivity contribution >= 4 is 5.91 Å². The van der Waals surface area contributed by atoms with E-state index >= 15 is 0 Å². The molecule has 0 spiro atoms. The number of benzene rings is 1. The van der Waals surface area contributed by atoms with Crippen molar-refractivity contribution in [1.29, 1.82) is 0 Å². The van der Waals surface area contributed by atoms with E-state index in [0.717, 1.165) is 32.5 Å². The fourth-order valence-electron chi connectivity index (χ4n) is 2.46. The van der Waals surface area contributed by atoms with Crippen molar-refractivity contribution in [3.05, 3.63) is 46.6 Å². The Labute approximate surface area is 141 Å². The number of hydrogen-bond acceptors (Lipinski definition) is 4. The van der Waals surface area contributed by atoms with Crippen molar-refractivity contribution < 1.29 is 4.79 Å². The highest BCUT2D eigenvalue weighted by atomic mass is 16.2. The van der Waals surface area contributed by atoms with Crippen LogP contribution in [0.1, 0.15) is 37.3 Å². The Balaban J connectivity index is 1.84. The van der Waals surface area contributed by atoms with E-state index in [1.807, 2.05) is 18.2 Å². The number of unbranched alkanes of at least 4 members (excludes halogenated alkanes) is 1. The Morgan fingerprint density at radius 3 is 2.58 bits per heavy atom. The van der Waals surface area contributed by atoms with Crippen molar-refractivity contribution in [2.24, 2.45) is 0 Å². The van der Waals surface area contributed by atoms with Gasteiger partial charge in [-0.3, -0.25) is 9.78 Å². The topological polar surface area (TPSA) is 83.0 Å². The number of carbonyl (C=O) groups is 1. The third kappa shape index (κ3) is 4.79. The van der Waals surface area contributed by atoms with Gasteiger partial charge in [-0.1, -0.05) is 32.0 Å². The van der Waals surface area contributed by atoms with Crippen molar-refractivity contribution in [2.45, 2.75) is 26.7 Å². The van der Waals surface area contributed by atoms with E-state index in [4.69, 9.17) is 0 Å². The van der Waals surface area contributed by atoms with Crippen LogP contribution in [-0.4, -0.2) is 51.8 Å². The Morgan fingerprint density at radius 2 is 1.92 bits per heavy atom. The van der Waals surface area contributed by atoms with Crippen LogP contribution in [0.3, 0.4) is 0 Å². The van der Waals surface area contributed by atoms with Crippen molar-refractivity contribution in [3.63, 3.8) is 0 Å². The van der Waals surface area contributed by atoms with Gasteiger partial charge in [-0.15, -0.1) is 5.10 Å². The minimum Gasteiger partial charge on any atom is -0.349 e. The van der Waals surface area contributed by atoms with Crippen LogP contribution in [0.4, 0.5) is 0 Å². The van der Waals surface area contributed by atoms with Gasteiger partial charge in [-0.05, 0) is 44.6 Å². The predicted octanol–water partition coefficient (Wildman–Crippen LogP) is 1.41. The SMILES string of the molecule is CCN(CC)CCCCNC(=O)c1nn(-c2ccccc2)c(=O)[nH]1. The smallest absolute Gasteiger partial charge is 0.348 e. The largest absolute Gasteiger partial charge is 0.349 e. The zero-order chi connectivity index (χ0) is 17.4. The molecular weight excluding hydrogens is 306 g/mol. The van der Waals surface area contributed by atoms with E-state index in [2.05, 4.69) is 34.1 Å². The quantitative estimate of drug-likeness (QED) is 0.681. The zero-order valence-corrected chi connectivity index (χ0v) is 14.3. The van der Waals surface area contributed by atoms with Gasteiger partial charge in [0.25, 0.3) is 5.91 Å². The van der Waals surface area contributed by atoms with E-state index in [0.29, 0.717) is 12.2 Å². The lowest BCUT2D eigenvalue weighted by molar-refractivity contribution is 0.0942. The van der Waals surface area contributed by atoms with Crippen LogP contribution in [0.15, 0.2) is 35.1 Å². The normalized spacial score (nSPS) is 11.0. The second-order valence-corrected chi connectivity index (χ2v) is 5.52. The molecule has 2 N–H and O–H groups in total. The van der Waals surface area contributed by atoms with Gasteiger partial charge >= 0.3 is 5.69 Å². The van der Waals surface area contributed by atoms with Crippen molar-refractivity contribution in [3.8, 4) is 5.69 Å². The highest BCUT2D eigenvalue weighted by molar-refractivity contribution is 5.90. The molecule has 0 radical (unpaired) electrons. The molecule has 0 fully saturated rings. The summed E-state index contributed by atoms with van der Waals surface area (Å²) in [6.07, 6.45) is 1.92. The minimum atomic E-state index is -0.423. The molecule has 130 valence electrons. The summed E-state index contributed by atoms with van der Waals surface area (Å²) in [5.74, 6) is -0.322. The van der Waals surface area contributed by atoms with Crippen LogP contribution in [0.5, 0.6) is 0 Å². The maximum absolute atomic E-state index is 12.1. The molecule has 0 aliphatic heterocycles. The van der Waals surface area contributed by atoms with Gasteiger partial charge in [-0.25, -0.2) is 4.79 Å². The van der Waals surface area contributed by atoms with E-state index in [1.54, 1.807) is 12.1 Å². The van der Waals surface area contributed by atoms with Gasteiger partial charge in [0.15, 0.2) is 0 Å². The van der Waals surface area contributed by atoms with Crippen LogP contribution in [-0.2, 0) is 0 Å². The summed E-state index contributed by atoms with van der Waals surface area (Å²) in [5, 5.41) is 6.86. The van der Waals surface area contributed by atoms with Gasteiger partial charge in [0, 0.05) is 6.54 Å². The second-order valence-electron chi connectivity index (χ2n) is 5.52. The number of rotatable bonds is 9. The third-order valence-corrected chi connectivity index (χ3v) is 3.91. The standard InChI is InChI=1S/C17H25N5O2/c1-3-21(4-2)13-9-8-12-18-16(23)15-19-17(24)22(20-15)14-10-6-5-7-11-14/h5-7,10-11H,3-4,8-9,12-13H2,1-2H3,(H,18,23)(H,19,20,24). The number of aromatic nitrogens is 3. The van der Waals surface area contributed by atoms with Gasteiger partial charge < -0.3 is 10.2 Å². The Morgan fingerprint density at radius 1 is 1.21 bits per heavy atom. The fraction of sp³-hybridized carbons (Fsp3) is 0.471. The lowest BCUT2D eigenvalue weighted by Gasteiger charge is -2.17. The molecule has 0 atom stereocenters. The lowest BCUT2D eigenvalue weighted by Crippen LogP contribution is -2.28. The molecule has 0 aliphatic carbocycles. The Bertz CT molecular complexity index is 689. The molecule has 1 aromatic heterocycles. The average Bonchev–Trinajstić information content (AvgIpc) is 3.00. The zero-order valence-electron chi connectivity index (χ0n) is 14.3. The number of carbonyl (C=O) groups excluding carboxylic acids is 1. The van der Waals surface area contributed by atoms with Crippen molar-refractivity contribution in [1.82, 2.24) is 25.0 Å². The number of nitrogens with one attached hydrogen (secondary N) is 2. The number of hydrogen-bond donors (Lipinski definition) is 2. The first-order valence-electron chi connectivity index (χ1n) is 8.41. The van der Waals surface area contributed by atoms with Gasteiger partial charge in [-0.2, -0.15) is 4.68 Å². The first-order valence-corrected chi connectivity index (χ1v) is 8.41. The highest BCUT2D eigenvalue weighted by Gasteiger charge is 2.13.